The highest BCUT2D eigenvalue weighted by molar-refractivity contribution is 6.11. The molecule has 1 aliphatic rings. The molecule has 3 aromatic carbocycles. The van der Waals surface area contributed by atoms with E-state index in [4.69, 9.17) is 9.47 Å². The number of fused-ring (bicyclic) bond motifs is 3. The third-order valence-electron chi connectivity index (χ3n) is 5.01. The number of ether oxygens (including phenoxy) is 2. The SMILES string of the molecule is OC[C@H]1O[C@H](Oc2ccc3ccc4ccc(O)cc4c3c2O)[C@H](O)[C@H](O)[C@H]1O. The molecule has 0 bridgehead atoms. The van der Waals surface area contributed by atoms with Crippen molar-refractivity contribution in [3.63, 3.8) is 0 Å². The first-order chi connectivity index (χ1) is 13.4. The van der Waals surface area contributed by atoms with Crippen molar-refractivity contribution < 1.29 is 40.1 Å². The molecule has 0 amide bonds. The van der Waals surface area contributed by atoms with Gasteiger partial charge in [-0.1, -0.05) is 24.3 Å². The Kier molecular flexibility index (Phi) is 4.74. The van der Waals surface area contributed by atoms with Crippen LogP contribution in [0.1, 0.15) is 0 Å². The van der Waals surface area contributed by atoms with Gasteiger partial charge in [0.15, 0.2) is 11.5 Å². The second-order valence-corrected chi connectivity index (χ2v) is 6.80. The van der Waals surface area contributed by atoms with Gasteiger partial charge in [0, 0.05) is 5.39 Å². The molecular formula is C20H20O8. The van der Waals surface area contributed by atoms with Gasteiger partial charge in [-0.05, 0) is 34.4 Å². The van der Waals surface area contributed by atoms with Gasteiger partial charge in [-0.2, -0.15) is 0 Å². The summed E-state index contributed by atoms with van der Waals surface area (Å²) in [6, 6.07) is 11.6. The van der Waals surface area contributed by atoms with Crippen molar-refractivity contribution in [2.45, 2.75) is 30.7 Å². The van der Waals surface area contributed by atoms with E-state index in [1.54, 1.807) is 18.2 Å². The quantitative estimate of drug-likeness (QED) is 0.358. The summed E-state index contributed by atoms with van der Waals surface area (Å²) in [5.41, 5.74) is 0. The predicted molar refractivity (Wildman–Crippen MR) is 99.2 cm³/mol. The molecule has 1 fully saturated rings. The van der Waals surface area contributed by atoms with E-state index in [1.807, 2.05) is 12.1 Å². The molecule has 8 nitrogen and oxygen atoms in total. The summed E-state index contributed by atoms with van der Waals surface area (Å²) in [6.45, 7) is -0.585. The molecule has 0 unspecified atom stereocenters. The third kappa shape index (κ3) is 3.01. The van der Waals surface area contributed by atoms with Gasteiger partial charge in [0.25, 0.3) is 0 Å². The largest absolute Gasteiger partial charge is 0.508 e. The average molecular weight is 388 g/mol. The normalized spacial score (nSPS) is 27.9. The lowest BCUT2D eigenvalue weighted by Crippen LogP contribution is -2.60. The third-order valence-corrected chi connectivity index (χ3v) is 5.01. The first-order valence-corrected chi connectivity index (χ1v) is 8.75. The lowest BCUT2D eigenvalue weighted by atomic mass is 9.99. The first kappa shape index (κ1) is 18.7. The van der Waals surface area contributed by atoms with E-state index in [9.17, 15) is 30.6 Å². The summed E-state index contributed by atoms with van der Waals surface area (Å²) in [5.74, 6) is -0.210. The number of phenolic OH excluding ortho intramolecular Hbond substituents is 2. The van der Waals surface area contributed by atoms with Crippen LogP contribution in [0.25, 0.3) is 21.5 Å². The topological polar surface area (TPSA) is 140 Å². The zero-order chi connectivity index (χ0) is 20.0. The molecule has 148 valence electrons. The Bertz CT molecular complexity index is 1020. The molecule has 1 saturated heterocycles. The van der Waals surface area contributed by atoms with E-state index >= 15 is 0 Å². The van der Waals surface area contributed by atoms with Crippen molar-refractivity contribution >= 4 is 21.5 Å². The Labute approximate surface area is 159 Å². The van der Waals surface area contributed by atoms with Crippen LogP contribution in [-0.4, -0.2) is 68.0 Å². The van der Waals surface area contributed by atoms with E-state index in [0.717, 1.165) is 5.39 Å². The van der Waals surface area contributed by atoms with E-state index in [2.05, 4.69) is 0 Å². The highest BCUT2D eigenvalue weighted by Crippen LogP contribution is 2.40. The van der Waals surface area contributed by atoms with E-state index in [-0.39, 0.29) is 17.2 Å². The molecule has 0 aliphatic carbocycles. The van der Waals surface area contributed by atoms with Crippen molar-refractivity contribution in [2.75, 3.05) is 6.61 Å². The number of rotatable bonds is 3. The van der Waals surface area contributed by atoms with Crippen molar-refractivity contribution in [2.24, 2.45) is 0 Å². The summed E-state index contributed by atoms with van der Waals surface area (Å²) in [7, 11) is 0. The standard InChI is InChI=1S/C20H20O8/c21-8-14-17(24)18(25)19(26)20(28-14)27-13-6-4-10-2-1-9-3-5-11(22)7-12(9)15(10)16(13)23/h1-7,14,17-26H,8H2/t14-,17+,18-,19-,20+/m1/s1. The molecule has 6 N–H and O–H groups in total. The Morgan fingerprint density at radius 1 is 0.857 bits per heavy atom. The second-order valence-electron chi connectivity index (χ2n) is 6.80. The molecule has 5 atom stereocenters. The highest BCUT2D eigenvalue weighted by Gasteiger charge is 2.45. The predicted octanol–water partition coefficient (Wildman–Crippen LogP) is 0.583. The summed E-state index contributed by atoms with van der Waals surface area (Å²) in [5, 5.41) is 62.3. The zero-order valence-electron chi connectivity index (χ0n) is 14.6. The summed E-state index contributed by atoms with van der Waals surface area (Å²) < 4.78 is 10.9. The fourth-order valence-electron chi connectivity index (χ4n) is 3.48. The Balaban J connectivity index is 1.76. The Morgan fingerprint density at radius 2 is 1.54 bits per heavy atom. The van der Waals surface area contributed by atoms with Crippen LogP contribution in [0.15, 0.2) is 42.5 Å². The molecule has 0 aromatic heterocycles. The lowest BCUT2D eigenvalue weighted by Gasteiger charge is -2.39. The van der Waals surface area contributed by atoms with Crippen LogP contribution < -0.4 is 4.74 Å². The number of aliphatic hydroxyl groups excluding tert-OH is 4. The van der Waals surface area contributed by atoms with Gasteiger partial charge in [0.1, 0.15) is 30.2 Å². The van der Waals surface area contributed by atoms with Crippen molar-refractivity contribution in [3.8, 4) is 17.2 Å². The fraction of sp³-hybridized carbons (Fsp3) is 0.300. The molecule has 4 rings (SSSR count). The second kappa shape index (κ2) is 7.08. The van der Waals surface area contributed by atoms with Crippen LogP contribution in [-0.2, 0) is 4.74 Å². The summed E-state index contributed by atoms with van der Waals surface area (Å²) in [6.07, 6.45) is -7.22. The minimum Gasteiger partial charge on any atom is -0.508 e. The van der Waals surface area contributed by atoms with E-state index in [0.29, 0.717) is 16.2 Å². The molecule has 0 radical (unpaired) electrons. The molecule has 28 heavy (non-hydrogen) atoms. The van der Waals surface area contributed by atoms with Gasteiger partial charge in [-0.25, -0.2) is 0 Å². The van der Waals surface area contributed by atoms with Crippen molar-refractivity contribution in [1.29, 1.82) is 0 Å². The average Bonchev–Trinajstić information content (AvgIpc) is 2.69. The minimum absolute atomic E-state index is 0.0207. The Hall–Kier alpha value is -2.62. The van der Waals surface area contributed by atoms with Crippen LogP contribution in [0.5, 0.6) is 17.2 Å². The van der Waals surface area contributed by atoms with Crippen molar-refractivity contribution in [1.82, 2.24) is 0 Å². The van der Waals surface area contributed by atoms with Crippen LogP contribution in [0.4, 0.5) is 0 Å². The molecule has 3 aromatic rings. The Morgan fingerprint density at radius 3 is 2.29 bits per heavy atom. The van der Waals surface area contributed by atoms with Crippen LogP contribution in [0.2, 0.25) is 0 Å². The molecule has 0 spiro atoms. The monoisotopic (exact) mass is 388 g/mol. The van der Waals surface area contributed by atoms with Crippen LogP contribution in [0, 0.1) is 0 Å². The smallest absolute Gasteiger partial charge is 0.229 e. The molecular weight excluding hydrogens is 368 g/mol. The van der Waals surface area contributed by atoms with E-state index in [1.165, 1.54) is 12.1 Å². The lowest BCUT2D eigenvalue weighted by molar-refractivity contribution is -0.277. The molecule has 0 saturated carbocycles. The fourth-order valence-corrected chi connectivity index (χ4v) is 3.48. The first-order valence-electron chi connectivity index (χ1n) is 8.75. The number of phenols is 2. The van der Waals surface area contributed by atoms with Gasteiger partial charge < -0.3 is 40.1 Å². The summed E-state index contributed by atoms with van der Waals surface area (Å²) in [4.78, 5) is 0. The molecule has 8 heteroatoms. The van der Waals surface area contributed by atoms with Crippen LogP contribution >= 0.6 is 0 Å². The number of aliphatic hydroxyl groups is 4. The van der Waals surface area contributed by atoms with Crippen molar-refractivity contribution in [3.05, 3.63) is 42.5 Å². The molecule has 1 heterocycles. The van der Waals surface area contributed by atoms with Gasteiger partial charge in [-0.3, -0.25) is 0 Å². The summed E-state index contributed by atoms with van der Waals surface area (Å²) >= 11 is 0. The minimum atomic E-state index is -1.59. The van der Waals surface area contributed by atoms with Gasteiger partial charge in [-0.15, -0.1) is 0 Å². The number of hydrogen-bond acceptors (Lipinski definition) is 8. The maximum atomic E-state index is 10.8. The van der Waals surface area contributed by atoms with Gasteiger partial charge in [0.2, 0.25) is 6.29 Å². The maximum absolute atomic E-state index is 10.8. The molecule has 1 aliphatic heterocycles. The maximum Gasteiger partial charge on any atom is 0.229 e. The van der Waals surface area contributed by atoms with Gasteiger partial charge in [0.05, 0.1) is 6.61 Å². The number of hydrogen-bond donors (Lipinski definition) is 6. The highest BCUT2D eigenvalue weighted by atomic mass is 16.7. The zero-order valence-corrected chi connectivity index (χ0v) is 14.6. The van der Waals surface area contributed by atoms with Gasteiger partial charge >= 0.3 is 0 Å². The number of benzene rings is 3. The van der Waals surface area contributed by atoms with Crippen LogP contribution in [0.3, 0.4) is 0 Å². The van der Waals surface area contributed by atoms with E-state index < -0.39 is 37.3 Å². The number of aromatic hydroxyl groups is 2.